The highest BCUT2D eigenvalue weighted by Gasteiger charge is 2.10. The zero-order valence-electron chi connectivity index (χ0n) is 20.1. The van der Waals surface area contributed by atoms with E-state index in [0.29, 0.717) is 6.42 Å². The predicted octanol–water partition coefficient (Wildman–Crippen LogP) is 6.66. The van der Waals surface area contributed by atoms with Gasteiger partial charge in [-0.15, -0.1) is 0 Å². The third kappa shape index (κ3) is 26.6. The molecule has 0 saturated heterocycles. The van der Waals surface area contributed by atoms with E-state index in [-0.39, 0.29) is 18.8 Å². The van der Waals surface area contributed by atoms with Crippen LogP contribution in [-0.2, 0) is 13.8 Å². The van der Waals surface area contributed by atoms with Crippen molar-refractivity contribution in [2.45, 2.75) is 116 Å². The number of carbonyl (C=O) groups excluding carboxylic acids is 1. The average Bonchev–Trinajstić information content (AvgIpc) is 2.67. The van der Waals surface area contributed by atoms with Crippen LogP contribution in [0.2, 0.25) is 0 Å². The van der Waals surface area contributed by atoms with Crippen molar-refractivity contribution in [1.82, 2.24) is 0 Å². The second-order valence-corrected chi connectivity index (χ2v) is 10.5. The first kappa shape index (κ1) is 32.7. The van der Waals surface area contributed by atoms with E-state index in [4.69, 9.17) is 29.3 Å². The van der Waals surface area contributed by atoms with Crippen LogP contribution >= 0.6 is 16.1 Å². The molecule has 1 N–H and O–H groups in total. The smallest absolute Gasteiger partial charge is 0.148 e. The summed E-state index contributed by atoms with van der Waals surface area (Å²) in [5.74, 6) is 0. The second kappa shape index (κ2) is 25.8. The molecule has 8 heteroatoms. The van der Waals surface area contributed by atoms with Gasteiger partial charge in [0.25, 0.3) is 0 Å². The van der Waals surface area contributed by atoms with Gasteiger partial charge < -0.3 is 18.9 Å². The Hall–Kier alpha value is 0.540. The van der Waals surface area contributed by atoms with E-state index in [2.05, 4.69) is 13.8 Å². The number of hydrogen-bond donors (Lipinski definition) is 1. The third-order valence-electron chi connectivity index (χ3n) is 4.70. The minimum atomic E-state index is -0.838. The van der Waals surface area contributed by atoms with E-state index >= 15 is 0 Å². The molecule has 2 unspecified atom stereocenters. The Kier molecular flexibility index (Phi) is 28.1. The van der Waals surface area contributed by atoms with E-state index in [9.17, 15) is 4.79 Å². The Bertz CT molecular complexity index is 351. The fourth-order valence-electron chi connectivity index (χ4n) is 3.14. The maximum absolute atomic E-state index is 10.4. The fourth-order valence-corrected chi connectivity index (χ4v) is 4.48. The van der Waals surface area contributed by atoms with Crippen LogP contribution in [0.15, 0.2) is 0 Å². The maximum atomic E-state index is 10.4. The standard InChI is InChI=1S/C11H24BO2P.C11H22BO2P/c2*1-3-4-5-6-7-8-11(9-10-13)14-15(2)12/h11,13H,3-10H2,1-2H3;10-11H,3-9H2,1-2H3/t2*11-,15?/m11/s1. The van der Waals surface area contributed by atoms with Gasteiger partial charge in [0, 0.05) is 13.0 Å². The number of aliphatic hydroxyl groups excluding tert-OH is 1. The van der Waals surface area contributed by atoms with Crippen LogP contribution in [0.25, 0.3) is 0 Å². The van der Waals surface area contributed by atoms with Crippen molar-refractivity contribution in [3.63, 3.8) is 0 Å². The zero-order valence-corrected chi connectivity index (χ0v) is 21.8. The van der Waals surface area contributed by atoms with Crippen LogP contribution in [0.1, 0.15) is 104 Å². The summed E-state index contributed by atoms with van der Waals surface area (Å²) in [6.45, 7) is 8.39. The van der Waals surface area contributed by atoms with Crippen molar-refractivity contribution >= 4 is 37.5 Å². The summed E-state index contributed by atoms with van der Waals surface area (Å²) in [5.41, 5.74) is 0. The normalized spacial score (nSPS) is 15.0. The van der Waals surface area contributed by atoms with Crippen molar-refractivity contribution in [3.8, 4) is 0 Å². The molecular formula is C22H46B2O4P2. The van der Waals surface area contributed by atoms with E-state index in [1.54, 1.807) is 0 Å². The lowest BCUT2D eigenvalue weighted by Gasteiger charge is -2.19. The number of hydrogen-bond acceptors (Lipinski definition) is 4. The summed E-state index contributed by atoms with van der Waals surface area (Å²) in [5, 5.41) is 8.88. The SMILES string of the molecule is [B]P(C)O[C@@H](CC=O)CCCCCCC.[B]P(C)O[C@@H](CCO)CCCCCCC. The zero-order chi connectivity index (χ0) is 23.0. The molecule has 0 fully saturated rings. The summed E-state index contributed by atoms with van der Waals surface area (Å²) < 4.78 is 11.1. The molecule has 0 aromatic heterocycles. The molecule has 0 aliphatic heterocycles. The number of rotatable bonds is 20. The molecule has 4 atom stereocenters. The van der Waals surface area contributed by atoms with E-state index < -0.39 is 16.1 Å². The fraction of sp³-hybridized carbons (Fsp3) is 0.955. The van der Waals surface area contributed by atoms with Crippen LogP contribution in [0.4, 0.5) is 0 Å². The molecule has 0 rings (SSSR count). The van der Waals surface area contributed by atoms with Gasteiger partial charge in [0.05, 0.1) is 12.2 Å². The van der Waals surface area contributed by atoms with Crippen LogP contribution in [0.5, 0.6) is 0 Å². The first-order valence-electron chi connectivity index (χ1n) is 11.8. The number of carbonyl (C=O) groups is 1. The highest BCUT2D eigenvalue weighted by molar-refractivity contribution is 7.77. The van der Waals surface area contributed by atoms with Crippen LogP contribution in [-0.4, -0.2) is 58.7 Å². The lowest BCUT2D eigenvalue weighted by Crippen LogP contribution is -2.12. The molecule has 30 heavy (non-hydrogen) atoms. The molecule has 0 amide bonds. The van der Waals surface area contributed by atoms with Gasteiger partial charge in [0.15, 0.2) is 0 Å². The summed E-state index contributed by atoms with van der Waals surface area (Å²) in [6, 6.07) is 0. The molecule has 0 bridgehead atoms. The van der Waals surface area contributed by atoms with Crippen LogP contribution in [0, 0.1) is 0 Å². The molecule has 0 saturated carbocycles. The molecule has 0 aliphatic carbocycles. The first-order valence-corrected chi connectivity index (χ1v) is 15.3. The van der Waals surface area contributed by atoms with Gasteiger partial charge in [-0.1, -0.05) is 78.1 Å². The summed E-state index contributed by atoms with van der Waals surface area (Å²) in [7, 11) is 9.61. The molecule has 174 valence electrons. The van der Waals surface area contributed by atoms with E-state index in [1.807, 2.05) is 13.3 Å². The van der Waals surface area contributed by atoms with Gasteiger partial charge in [-0.3, -0.25) is 0 Å². The van der Waals surface area contributed by atoms with Crippen LogP contribution in [0.3, 0.4) is 0 Å². The number of unbranched alkanes of at least 4 members (excludes halogenated alkanes) is 8. The monoisotopic (exact) mass is 458 g/mol. The van der Waals surface area contributed by atoms with Crippen molar-refractivity contribution < 1.29 is 18.9 Å². The molecular weight excluding hydrogens is 412 g/mol. The largest absolute Gasteiger partial charge is 0.396 e. The quantitative estimate of drug-likeness (QED) is 0.0960. The number of aliphatic hydroxyl groups is 1. The van der Waals surface area contributed by atoms with Gasteiger partial charge in [-0.25, -0.2) is 0 Å². The Labute approximate surface area is 192 Å². The highest BCUT2D eigenvalue weighted by atomic mass is 31.1. The summed E-state index contributed by atoms with van der Waals surface area (Å²) in [6.07, 6.45) is 16.9. The minimum absolute atomic E-state index is 0.0465. The van der Waals surface area contributed by atoms with E-state index in [0.717, 1.165) is 32.0 Å². The Morgan fingerprint density at radius 1 is 0.767 bits per heavy atom. The lowest BCUT2D eigenvalue weighted by molar-refractivity contribution is -0.109. The van der Waals surface area contributed by atoms with Crippen LogP contribution < -0.4 is 0 Å². The predicted molar refractivity (Wildman–Crippen MR) is 136 cm³/mol. The molecule has 4 radical (unpaired) electrons. The van der Waals surface area contributed by atoms with Crippen molar-refractivity contribution in [3.05, 3.63) is 0 Å². The molecule has 0 heterocycles. The third-order valence-corrected chi connectivity index (χ3v) is 5.96. The second-order valence-electron chi connectivity index (χ2n) is 7.87. The molecule has 0 aliphatic rings. The average molecular weight is 458 g/mol. The lowest BCUT2D eigenvalue weighted by atomic mass is 10.1. The van der Waals surface area contributed by atoms with Crippen molar-refractivity contribution in [1.29, 1.82) is 0 Å². The van der Waals surface area contributed by atoms with Crippen molar-refractivity contribution in [2.75, 3.05) is 19.9 Å². The van der Waals surface area contributed by atoms with Gasteiger partial charge in [0.1, 0.15) is 21.4 Å². The summed E-state index contributed by atoms with van der Waals surface area (Å²) >= 11 is 0. The van der Waals surface area contributed by atoms with E-state index in [1.165, 1.54) is 57.8 Å². The Morgan fingerprint density at radius 3 is 1.60 bits per heavy atom. The Morgan fingerprint density at radius 2 is 1.20 bits per heavy atom. The topological polar surface area (TPSA) is 55.8 Å². The molecule has 0 aromatic carbocycles. The summed E-state index contributed by atoms with van der Waals surface area (Å²) in [4.78, 5) is 10.4. The van der Waals surface area contributed by atoms with Gasteiger partial charge >= 0.3 is 0 Å². The Balaban J connectivity index is 0. The molecule has 0 aromatic rings. The minimum Gasteiger partial charge on any atom is -0.396 e. The number of aldehydes is 1. The van der Waals surface area contributed by atoms with Gasteiger partial charge in [0.2, 0.25) is 0 Å². The van der Waals surface area contributed by atoms with Gasteiger partial charge in [-0.05, 0) is 48.6 Å². The maximum Gasteiger partial charge on any atom is 0.148 e. The van der Waals surface area contributed by atoms with Gasteiger partial charge in [-0.2, -0.15) is 0 Å². The first-order chi connectivity index (χ1) is 14.4. The highest BCUT2D eigenvalue weighted by Crippen LogP contribution is 2.30. The van der Waals surface area contributed by atoms with Crippen molar-refractivity contribution in [2.24, 2.45) is 0 Å². The molecule has 4 nitrogen and oxygen atoms in total. The molecule has 0 spiro atoms.